The molecule has 0 bridgehead atoms. The van der Waals surface area contributed by atoms with Crippen molar-refractivity contribution in [3.63, 3.8) is 0 Å². The SMILES string of the molecule is Nc1ccccc1[N+](=O)N=O. The molecule has 2 N–H and O–H groups in total. The van der Waals surface area contributed by atoms with Gasteiger partial charge in [-0.2, -0.15) is 0 Å². The second-order valence-electron chi connectivity index (χ2n) is 1.91. The lowest BCUT2D eigenvalue weighted by Crippen LogP contribution is -1.94. The van der Waals surface area contributed by atoms with Crippen LogP contribution in [0.2, 0.25) is 0 Å². The number of nitrogens with two attached hydrogens (primary N) is 1. The zero-order valence-corrected chi connectivity index (χ0v) is 5.60. The fourth-order valence-corrected chi connectivity index (χ4v) is 0.706. The molecule has 0 unspecified atom stereocenters. The van der Waals surface area contributed by atoms with Gasteiger partial charge in [0.1, 0.15) is 5.69 Å². The Morgan fingerprint density at radius 1 is 1.36 bits per heavy atom. The van der Waals surface area contributed by atoms with Crippen LogP contribution in [-0.2, 0) is 0 Å². The van der Waals surface area contributed by atoms with E-state index in [1.54, 1.807) is 12.1 Å². The number of nitrogens with zero attached hydrogens (tertiary/aromatic N) is 2. The van der Waals surface area contributed by atoms with E-state index in [1.165, 1.54) is 12.1 Å². The normalized spacial score (nSPS) is 9.09. The molecule has 0 spiro atoms. The van der Waals surface area contributed by atoms with Crippen LogP contribution in [0, 0.1) is 9.81 Å². The first-order valence-corrected chi connectivity index (χ1v) is 2.90. The van der Waals surface area contributed by atoms with Crippen molar-refractivity contribution in [2.45, 2.75) is 0 Å². The quantitative estimate of drug-likeness (QED) is 0.301. The molecule has 1 aromatic carbocycles. The van der Waals surface area contributed by atoms with E-state index in [1.807, 2.05) is 0 Å². The predicted molar refractivity (Wildman–Crippen MR) is 39.9 cm³/mol. The molecule has 0 fully saturated rings. The van der Waals surface area contributed by atoms with Crippen molar-refractivity contribution in [3.8, 4) is 0 Å². The summed E-state index contributed by atoms with van der Waals surface area (Å²) in [6, 6.07) is 6.20. The lowest BCUT2D eigenvalue weighted by atomic mass is 10.3. The van der Waals surface area contributed by atoms with E-state index >= 15 is 0 Å². The predicted octanol–water partition coefficient (Wildman–Crippen LogP) is 1.36. The topological polar surface area (TPSA) is 75.5 Å². The third-order valence-electron chi connectivity index (χ3n) is 1.22. The average molecular weight is 152 g/mol. The summed E-state index contributed by atoms with van der Waals surface area (Å²) < 4.78 is 0. The number of rotatable bonds is 2. The molecule has 5 nitrogen and oxygen atoms in total. The van der Waals surface area contributed by atoms with Crippen LogP contribution in [0.15, 0.2) is 29.6 Å². The second kappa shape index (κ2) is 2.87. The van der Waals surface area contributed by atoms with E-state index in [0.29, 0.717) is 0 Å². The summed E-state index contributed by atoms with van der Waals surface area (Å²) in [5.74, 6) is 0. The Bertz CT molecular complexity index is 298. The maximum atomic E-state index is 10.6. The number of benzene rings is 1. The van der Waals surface area contributed by atoms with E-state index in [9.17, 15) is 9.81 Å². The van der Waals surface area contributed by atoms with Gasteiger partial charge in [0.25, 0.3) is 5.29 Å². The molecule has 0 amide bonds. The van der Waals surface area contributed by atoms with Gasteiger partial charge in [0.15, 0.2) is 0 Å². The highest BCUT2D eigenvalue weighted by Crippen LogP contribution is 2.19. The van der Waals surface area contributed by atoms with Crippen LogP contribution in [-0.4, -0.2) is 4.87 Å². The van der Waals surface area contributed by atoms with Gasteiger partial charge < -0.3 is 5.73 Å². The van der Waals surface area contributed by atoms with Crippen LogP contribution in [0.3, 0.4) is 0 Å². The summed E-state index contributed by atoms with van der Waals surface area (Å²) in [6.07, 6.45) is 0. The molecule has 56 valence electrons. The zero-order valence-electron chi connectivity index (χ0n) is 5.60. The van der Waals surface area contributed by atoms with Crippen molar-refractivity contribution >= 4 is 11.4 Å². The highest BCUT2D eigenvalue weighted by molar-refractivity contribution is 5.56. The summed E-state index contributed by atoms with van der Waals surface area (Å²) in [5.41, 5.74) is 5.67. The molecule has 0 radical (unpaired) electrons. The van der Waals surface area contributed by atoms with Crippen molar-refractivity contribution in [2.24, 2.45) is 5.29 Å². The Kier molecular flexibility index (Phi) is 1.91. The van der Waals surface area contributed by atoms with Gasteiger partial charge in [-0.25, -0.2) is 0 Å². The zero-order chi connectivity index (χ0) is 8.27. The fourth-order valence-electron chi connectivity index (χ4n) is 0.706. The summed E-state index contributed by atoms with van der Waals surface area (Å²) in [6.45, 7) is 0. The van der Waals surface area contributed by atoms with Crippen molar-refractivity contribution in [2.75, 3.05) is 5.73 Å². The molecule has 1 rings (SSSR count). The minimum atomic E-state index is -0.0602. The van der Waals surface area contributed by atoms with E-state index in [4.69, 9.17) is 5.73 Å². The van der Waals surface area contributed by atoms with Gasteiger partial charge in [-0.05, 0) is 6.07 Å². The van der Waals surface area contributed by atoms with Crippen molar-refractivity contribution in [1.29, 1.82) is 0 Å². The first-order chi connectivity index (χ1) is 5.25. The molecule has 0 aliphatic rings. The molecule has 0 atom stereocenters. The lowest BCUT2D eigenvalue weighted by Gasteiger charge is -1.87. The van der Waals surface area contributed by atoms with Gasteiger partial charge >= 0.3 is 5.69 Å². The summed E-state index contributed by atoms with van der Waals surface area (Å²) in [4.78, 5) is 20.3. The summed E-state index contributed by atoms with van der Waals surface area (Å²) in [7, 11) is 0. The minimum Gasteiger partial charge on any atom is -0.393 e. The summed E-state index contributed by atoms with van der Waals surface area (Å²) >= 11 is 0. The van der Waals surface area contributed by atoms with E-state index < -0.39 is 0 Å². The second-order valence-corrected chi connectivity index (χ2v) is 1.91. The molecule has 0 aliphatic heterocycles. The van der Waals surface area contributed by atoms with Gasteiger partial charge in [0.05, 0.1) is 4.91 Å². The van der Waals surface area contributed by atoms with Gasteiger partial charge in [-0.15, -0.1) is 0 Å². The van der Waals surface area contributed by atoms with Crippen LogP contribution in [0.5, 0.6) is 0 Å². The molecule has 5 heteroatoms. The third-order valence-corrected chi connectivity index (χ3v) is 1.22. The van der Waals surface area contributed by atoms with Gasteiger partial charge in [-0.1, -0.05) is 17.0 Å². The van der Waals surface area contributed by atoms with E-state index in [2.05, 4.69) is 5.29 Å². The molecule has 0 aliphatic carbocycles. The summed E-state index contributed by atoms with van der Waals surface area (Å²) in [5, 5.41) is 2.17. The number of anilines is 1. The number of hydrogen-bond acceptors (Lipinski definition) is 3. The molecular weight excluding hydrogens is 146 g/mol. The van der Waals surface area contributed by atoms with Crippen LogP contribution >= 0.6 is 0 Å². The van der Waals surface area contributed by atoms with Crippen LogP contribution in [0.25, 0.3) is 0 Å². The highest BCUT2D eigenvalue weighted by atomic mass is 16.4. The van der Waals surface area contributed by atoms with Crippen molar-refractivity contribution in [1.82, 2.24) is 0 Å². The van der Waals surface area contributed by atoms with Crippen LogP contribution in [0.4, 0.5) is 11.4 Å². The van der Waals surface area contributed by atoms with Gasteiger partial charge in [0, 0.05) is 6.07 Å². The maximum Gasteiger partial charge on any atom is 0.321 e. The minimum absolute atomic E-state index is 0.0602. The number of hydrogen-bond donors (Lipinski definition) is 1. The van der Waals surface area contributed by atoms with E-state index in [0.717, 1.165) is 0 Å². The highest BCUT2D eigenvalue weighted by Gasteiger charge is 2.17. The van der Waals surface area contributed by atoms with Crippen molar-refractivity contribution < 1.29 is 4.87 Å². The fraction of sp³-hybridized carbons (Fsp3) is 0. The van der Waals surface area contributed by atoms with Crippen LogP contribution in [0.1, 0.15) is 0 Å². The molecule has 0 saturated heterocycles. The number of nitrogen functional groups attached to an aromatic ring is 1. The van der Waals surface area contributed by atoms with Crippen molar-refractivity contribution in [3.05, 3.63) is 34.1 Å². The maximum absolute atomic E-state index is 10.6. The molecule has 11 heavy (non-hydrogen) atoms. The Balaban J connectivity index is 3.13. The Morgan fingerprint density at radius 2 is 2.00 bits per heavy atom. The van der Waals surface area contributed by atoms with Crippen LogP contribution < -0.4 is 5.73 Å². The largest absolute Gasteiger partial charge is 0.393 e. The molecular formula is C6H6N3O2+. The van der Waals surface area contributed by atoms with Gasteiger partial charge in [-0.3, -0.25) is 0 Å². The molecule has 0 aromatic heterocycles. The first-order valence-electron chi connectivity index (χ1n) is 2.90. The standard InChI is InChI=1S/C6H6N3O2/c7-5-3-1-2-4-6(5)9(11)8-10/h1-4H,7H2/q+1. The third kappa shape index (κ3) is 1.37. The lowest BCUT2D eigenvalue weighted by molar-refractivity contribution is -0.470. The smallest absolute Gasteiger partial charge is 0.321 e. The Hall–Kier alpha value is -1.78. The molecule has 0 saturated carbocycles. The Labute approximate surface area is 62.3 Å². The molecule has 0 heterocycles. The average Bonchev–Trinajstić information content (AvgIpc) is 2.04. The number of para-hydroxylation sites is 2. The Morgan fingerprint density at radius 3 is 2.55 bits per heavy atom. The van der Waals surface area contributed by atoms with E-state index in [-0.39, 0.29) is 16.2 Å². The molecule has 1 aromatic rings. The first kappa shape index (κ1) is 7.33. The van der Waals surface area contributed by atoms with Gasteiger partial charge in [0.2, 0.25) is 4.87 Å². The number of nitroso groups, excluding NO2 is 2. The monoisotopic (exact) mass is 152 g/mol.